The van der Waals surface area contributed by atoms with E-state index in [4.69, 9.17) is 5.26 Å². The van der Waals surface area contributed by atoms with Crippen LogP contribution < -0.4 is 5.32 Å². The first-order valence-corrected chi connectivity index (χ1v) is 13.1. The van der Waals surface area contributed by atoms with Crippen molar-refractivity contribution in [2.45, 2.75) is 30.7 Å². The summed E-state index contributed by atoms with van der Waals surface area (Å²) < 4.78 is 27.3. The molecule has 170 valence electrons. The molecule has 4 rings (SSSR count). The molecular formula is C25H25N3O3S2. The number of nitrogens with zero attached hydrogens (tertiary/aromatic N) is 2. The second-order valence-corrected chi connectivity index (χ2v) is 11.1. The van der Waals surface area contributed by atoms with Crippen molar-refractivity contribution in [3.8, 4) is 6.07 Å². The molecule has 3 aromatic rings. The number of piperidine rings is 1. The Balaban J connectivity index is 1.43. The second-order valence-electron chi connectivity index (χ2n) is 8.18. The van der Waals surface area contributed by atoms with Crippen LogP contribution in [0.2, 0.25) is 0 Å². The van der Waals surface area contributed by atoms with E-state index in [9.17, 15) is 13.2 Å². The van der Waals surface area contributed by atoms with Crippen LogP contribution in [0.25, 0.3) is 0 Å². The molecule has 0 spiro atoms. The fraction of sp³-hybridized carbons (Fsp3) is 0.280. The number of sulfonamides is 1. The van der Waals surface area contributed by atoms with Crippen LogP contribution in [0.15, 0.2) is 70.9 Å². The number of amides is 1. The van der Waals surface area contributed by atoms with Crippen molar-refractivity contribution in [2.75, 3.05) is 13.1 Å². The van der Waals surface area contributed by atoms with Gasteiger partial charge in [0.2, 0.25) is 15.9 Å². The minimum absolute atomic E-state index is 0.0515. The SMILES string of the molecule is Cc1ccc([C@H](NC(=O)C2CCN(S(=O)(=O)c3ccc(C#N)cc3)CC2)c2cccs2)cc1. The predicted molar refractivity (Wildman–Crippen MR) is 128 cm³/mol. The van der Waals surface area contributed by atoms with E-state index >= 15 is 0 Å². The van der Waals surface area contributed by atoms with Crippen LogP contribution in [-0.2, 0) is 14.8 Å². The van der Waals surface area contributed by atoms with Crippen LogP contribution in [0.5, 0.6) is 0 Å². The molecule has 2 heterocycles. The highest BCUT2D eigenvalue weighted by molar-refractivity contribution is 7.89. The van der Waals surface area contributed by atoms with Crippen LogP contribution in [-0.4, -0.2) is 31.7 Å². The van der Waals surface area contributed by atoms with E-state index in [2.05, 4.69) is 5.32 Å². The average Bonchev–Trinajstić information content (AvgIpc) is 3.38. The molecule has 0 radical (unpaired) electrons. The van der Waals surface area contributed by atoms with Gasteiger partial charge in [0, 0.05) is 23.9 Å². The smallest absolute Gasteiger partial charge is 0.243 e. The van der Waals surface area contributed by atoms with Crippen molar-refractivity contribution in [3.05, 3.63) is 87.6 Å². The quantitative estimate of drug-likeness (QED) is 0.573. The molecule has 0 aliphatic carbocycles. The summed E-state index contributed by atoms with van der Waals surface area (Å²) in [6.45, 7) is 2.60. The lowest BCUT2D eigenvalue weighted by atomic mass is 9.95. The third-order valence-corrected chi connectivity index (χ3v) is 8.82. The van der Waals surface area contributed by atoms with E-state index in [1.54, 1.807) is 11.3 Å². The van der Waals surface area contributed by atoms with E-state index in [-0.39, 0.29) is 35.9 Å². The summed E-state index contributed by atoms with van der Waals surface area (Å²) in [6.07, 6.45) is 0.929. The van der Waals surface area contributed by atoms with Gasteiger partial charge in [-0.05, 0) is 61.0 Å². The standard InChI is InChI=1S/C25H25N3O3S2/c1-18-4-8-20(9-5-18)24(23-3-2-16-32-23)27-25(29)21-12-14-28(15-13-21)33(30,31)22-10-6-19(17-26)7-11-22/h2-11,16,21,24H,12-15H2,1H3,(H,27,29)/t24-/m0/s1. The summed E-state index contributed by atoms with van der Waals surface area (Å²) in [5, 5.41) is 14.1. The topological polar surface area (TPSA) is 90.3 Å². The number of nitriles is 1. The summed E-state index contributed by atoms with van der Waals surface area (Å²) in [5.74, 6) is -0.297. The number of carbonyl (C=O) groups excluding carboxylic acids is 1. The third-order valence-electron chi connectivity index (χ3n) is 5.97. The fourth-order valence-electron chi connectivity index (χ4n) is 4.00. The van der Waals surface area contributed by atoms with Gasteiger partial charge < -0.3 is 5.32 Å². The molecule has 1 fully saturated rings. The molecule has 0 unspecified atom stereocenters. The van der Waals surface area contributed by atoms with Gasteiger partial charge in [-0.15, -0.1) is 11.3 Å². The van der Waals surface area contributed by atoms with Crippen molar-refractivity contribution in [2.24, 2.45) is 5.92 Å². The number of benzene rings is 2. The second kappa shape index (κ2) is 9.87. The maximum absolute atomic E-state index is 13.1. The zero-order valence-electron chi connectivity index (χ0n) is 18.3. The monoisotopic (exact) mass is 479 g/mol. The van der Waals surface area contributed by atoms with E-state index in [0.29, 0.717) is 18.4 Å². The Morgan fingerprint density at radius 3 is 2.33 bits per heavy atom. The summed E-state index contributed by atoms with van der Waals surface area (Å²) in [5.41, 5.74) is 2.60. The molecule has 1 amide bonds. The van der Waals surface area contributed by atoms with Crippen LogP contribution >= 0.6 is 11.3 Å². The van der Waals surface area contributed by atoms with Crippen molar-refractivity contribution in [1.82, 2.24) is 9.62 Å². The Labute approximate surface area is 198 Å². The van der Waals surface area contributed by atoms with Crippen LogP contribution in [0.4, 0.5) is 0 Å². The molecule has 1 saturated heterocycles. The largest absolute Gasteiger partial charge is 0.344 e. The van der Waals surface area contributed by atoms with Gasteiger partial charge in [0.15, 0.2) is 0 Å². The summed E-state index contributed by atoms with van der Waals surface area (Å²) in [4.78, 5) is 14.4. The number of nitrogens with one attached hydrogen (secondary N) is 1. The van der Waals surface area contributed by atoms with Crippen molar-refractivity contribution in [3.63, 3.8) is 0 Å². The molecule has 1 aliphatic heterocycles. The summed E-state index contributed by atoms with van der Waals surface area (Å²) >= 11 is 1.60. The van der Waals surface area contributed by atoms with Gasteiger partial charge in [-0.2, -0.15) is 9.57 Å². The van der Waals surface area contributed by atoms with Crippen LogP contribution in [0.3, 0.4) is 0 Å². The molecule has 0 bridgehead atoms. The molecule has 0 saturated carbocycles. The van der Waals surface area contributed by atoms with E-state index < -0.39 is 10.0 Å². The molecule has 8 heteroatoms. The summed E-state index contributed by atoms with van der Waals surface area (Å²) in [6, 6.07) is 19.8. The Bertz CT molecular complexity index is 1240. The highest BCUT2D eigenvalue weighted by atomic mass is 32.2. The van der Waals surface area contributed by atoms with Gasteiger partial charge in [-0.3, -0.25) is 4.79 Å². The molecular weight excluding hydrogens is 454 g/mol. The predicted octanol–water partition coefficient (Wildman–Crippen LogP) is 4.23. The summed E-state index contributed by atoms with van der Waals surface area (Å²) in [7, 11) is -3.65. The van der Waals surface area contributed by atoms with Crippen molar-refractivity contribution >= 4 is 27.3 Å². The first-order chi connectivity index (χ1) is 15.9. The lowest BCUT2D eigenvalue weighted by Crippen LogP contribution is -2.43. The molecule has 1 atom stereocenters. The maximum Gasteiger partial charge on any atom is 0.243 e. The Hall–Kier alpha value is -2.99. The van der Waals surface area contributed by atoms with Gasteiger partial charge in [0.05, 0.1) is 22.6 Å². The van der Waals surface area contributed by atoms with Gasteiger partial charge in [0.1, 0.15) is 0 Å². The number of rotatable bonds is 6. The minimum atomic E-state index is -3.65. The number of aryl methyl sites for hydroxylation is 1. The highest BCUT2D eigenvalue weighted by Crippen LogP contribution is 2.29. The number of thiophene rings is 1. The number of hydrogen-bond acceptors (Lipinski definition) is 5. The first kappa shape index (κ1) is 23.2. The maximum atomic E-state index is 13.1. The highest BCUT2D eigenvalue weighted by Gasteiger charge is 2.33. The third kappa shape index (κ3) is 5.17. The molecule has 1 aromatic heterocycles. The lowest BCUT2D eigenvalue weighted by Gasteiger charge is -2.31. The van der Waals surface area contributed by atoms with Crippen LogP contribution in [0.1, 0.15) is 40.5 Å². The van der Waals surface area contributed by atoms with Gasteiger partial charge in [-0.1, -0.05) is 35.9 Å². The number of hydrogen-bond donors (Lipinski definition) is 1. The first-order valence-electron chi connectivity index (χ1n) is 10.8. The fourth-order valence-corrected chi connectivity index (χ4v) is 6.27. The van der Waals surface area contributed by atoms with Gasteiger partial charge >= 0.3 is 0 Å². The molecule has 6 nitrogen and oxygen atoms in total. The Morgan fingerprint density at radius 1 is 1.09 bits per heavy atom. The Morgan fingerprint density at radius 2 is 1.76 bits per heavy atom. The van der Waals surface area contributed by atoms with E-state index in [1.165, 1.54) is 28.6 Å². The zero-order valence-corrected chi connectivity index (χ0v) is 19.9. The lowest BCUT2D eigenvalue weighted by molar-refractivity contribution is -0.126. The van der Waals surface area contributed by atoms with Gasteiger partial charge in [-0.25, -0.2) is 8.42 Å². The normalized spacial score (nSPS) is 16.1. The molecule has 2 aromatic carbocycles. The minimum Gasteiger partial charge on any atom is -0.344 e. The molecule has 1 aliphatic rings. The average molecular weight is 480 g/mol. The van der Waals surface area contributed by atoms with Gasteiger partial charge in [0.25, 0.3) is 0 Å². The zero-order chi connectivity index (χ0) is 23.4. The van der Waals surface area contributed by atoms with E-state index in [0.717, 1.165) is 16.0 Å². The molecule has 33 heavy (non-hydrogen) atoms. The Kier molecular flexibility index (Phi) is 6.94. The van der Waals surface area contributed by atoms with E-state index in [1.807, 2.05) is 54.8 Å². The molecule has 1 N–H and O–H groups in total. The van der Waals surface area contributed by atoms with Crippen molar-refractivity contribution in [1.29, 1.82) is 5.26 Å². The number of carbonyl (C=O) groups is 1. The van der Waals surface area contributed by atoms with Crippen molar-refractivity contribution < 1.29 is 13.2 Å². The van der Waals surface area contributed by atoms with Crippen LogP contribution in [0, 0.1) is 24.2 Å².